The molecule has 1 unspecified atom stereocenters. The highest BCUT2D eigenvalue weighted by molar-refractivity contribution is 7.99. The van der Waals surface area contributed by atoms with E-state index in [1.807, 2.05) is 0 Å². The van der Waals surface area contributed by atoms with Crippen molar-refractivity contribution in [1.82, 2.24) is 14.8 Å². The third-order valence-corrected chi connectivity index (χ3v) is 6.71. The van der Waals surface area contributed by atoms with Crippen molar-refractivity contribution in [3.05, 3.63) is 35.9 Å². The Morgan fingerprint density at radius 3 is 2.72 bits per heavy atom. The Hall–Kier alpha value is -1.94. The second kappa shape index (κ2) is 7.12. The third kappa shape index (κ3) is 4.37. The van der Waals surface area contributed by atoms with Crippen LogP contribution in [-0.4, -0.2) is 46.3 Å². The van der Waals surface area contributed by atoms with Gasteiger partial charge in [-0.15, -0.1) is 10.2 Å². The molecule has 1 fully saturated rings. The van der Waals surface area contributed by atoms with Crippen molar-refractivity contribution in [3.63, 3.8) is 0 Å². The van der Waals surface area contributed by atoms with Crippen molar-refractivity contribution in [2.75, 3.05) is 22.6 Å². The summed E-state index contributed by atoms with van der Waals surface area (Å²) in [5, 5.41) is 11.4. The summed E-state index contributed by atoms with van der Waals surface area (Å²) in [6.07, 6.45) is 0.546. The highest BCUT2D eigenvalue weighted by Crippen LogP contribution is 2.29. The molecule has 1 amide bonds. The monoisotopic (exact) mass is 384 g/mol. The zero-order valence-corrected chi connectivity index (χ0v) is 15.1. The highest BCUT2D eigenvalue weighted by atomic mass is 32.2. The summed E-state index contributed by atoms with van der Waals surface area (Å²) < 4.78 is 37.8. The second-order valence-electron chi connectivity index (χ2n) is 5.84. The maximum Gasteiger partial charge on any atom is 0.234 e. The van der Waals surface area contributed by atoms with Crippen molar-refractivity contribution >= 4 is 33.2 Å². The molecule has 1 aromatic carbocycles. The minimum Gasteiger partial charge on any atom is -0.325 e. The van der Waals surface area contributed by atoms with Gasteiger partial charge in [-0.2, -0.15) is 0 Å². The molecule has 0 saturated carbocycles. The van der Waals surface area contributed by atoms with Crippen LogP contribution in [0.2, 0.25) is 0 Å². The summed E-state index contributed by atoms with van der Waals surface area (Å²) in [7, 11) is -1.23. The van der Waals surface area contributed by atoms with Gasteiger partial charge in [0.2, 0.25) is 5.91 Å². The molecule has 2 heterocycles. The van der Waals surface area contributed by atoms with Crippen LogP contribution in [0.15, 0.2) is 29.4 Å². The van der Waals surface area contributed by atoms with Crippen LogP contribution in [0.1, 0.15) is 18.2 Å². The number of carbonyl (C=O) groups excluding carboxylic acids is 1. The molecule has 1 saturated heterocycles. The number of nitrogens with zero attached hydrogens (tertiary/aromatic N) is 3. The zero-order chi connectivity index (χ0) is 18.0. The fourth-order valence-electron chi connectivity index (χ4n) is 2.67. The van der Waals surface area contributed by atoms with Crippen molar-refractivity contribution in [2.45, 2.75) is 17.5 Å². The smallest absolute Gasteiger partial charge is 0.234 e. The molecule has 3 rings (SSSR count). The number of amides is 1. The first-order chi connectivity index (χ1) is 11.8. The van der Waals surface area contributed by atoms with Crippen LogP contribution in [0.5, 0.6) is 0 Å². The Balaban J connectivity index is 1.58. The predicted molar refractivity (Wildman–Crippen MR) is 92.8 cm³/mol. The topological polar surface area (TPSA) is 93.9 Å². The molecule has 134 valence electrons. The minimum atomic E-state index is -2.99. The average molecular weight is 384 g/mol. The van der Waals surface area contributed by atoms with E-state index in [4.69, 9.17) is 0 Å². The number of nitrogens with one attached hydrogen (secondary N) is 1. The summed E-state index contributed by atoms with van der Waals surface area (Å²) in [4.78, 5) is 12.0. The van der Waals surface area contributed by atoms with Crippen LogP contribution in [0, 0.1) is 5.82 Å². The number of aromatic nitrogens is 3. The Kier molecular flexibility index (Phi) is 5.09. The van der Waals surface area contributed by atoms with E-state index >= 15 is 0 Å². The number of halogens is 1. The molecular weight excluding hydrogens is 367 g/mol. The van der Waals surface area contributed by atoms with E-state index in [0.717, 1.165) is 0 Å². The molecule has 0 spiro atoms. The molecule has 7 nitrogen and oxygen atoms in total. The molecule has 1 atom stereocenters. The molecule has 2 aromatic rings. The van der Waals surface area contributed by atoms with E-state index < -0.39 is 9.84 Å². The van der Waals surface area contributed by atoms with Crippen LogP contribution >= 0.6 is 11.8 Å². The first-order valence-electron chi connectivity index (χ1n) is 7.62. The van der Waals surface area contributed by atoms with Crippen molar-refractivity contribution in [3.8, 4) is 0 Å². The number of carbonyl (C=O) groups is 1. The van der Waals surface area contributed by atoms with Gasteiger partial charge in [-0.05, 0) is 30.7 Å². The maximum absolute atomic E-state index is 12.8. The largest absolute Gasteiger partial charge is 0.325 e. The van der Waals surface area contributed by atoms with Gasteiger partial charge < -0.3 is 9.88 Å². The number of rotatable bonds is 5. The molecule has 1 aliphatic heterocycles. The summed E-state index contributed by atoms with van der Waals surface area (Å²) in [6.45, 7) is 0. The van der Waals surface area contributed by atoms with Crippen LogP contribution < -0.4 is 5.32 Å². The van der Waals surface area contributed by atoms with E-state index in [9.17, 15) is 17.6 Å². The molecule has 1 aromatic heterocycles. The normalized spacial score (nSPS) is 19.0. The van der Waals surface area contributed by atoms with E-state index in [2.05, 4.69) is 15.5 Å². The SMILES string of the molecule is Cn1c(SCC(=O)Nc2ccc(F)cc2)nnc1C1CCS(=O)(=O)C1. The van der Waals surface area contributed by atoms with E-state index in [0.29, 0.717) is 23.1 Å². The molecule has 1 aliphatic rings. The van der Waals surface area contributed by atoms with Gasteiger partial charge in [-0.1, -0.05) is 11.8 Å². The number of benzene rings is 1. The van der Waals surface area contributed by atoms with E-state index in [-0.39, 0.29) is 34.9 Å². The van der Waals surface area contributed by atoms with Crippen LogP contribution in [0.25, 0.3) is 0 Å². The summed E-state index contributed by atoms with van der Waals surface area (Å²) in [5.41, 5.74) is 0.516. The number of sulfone groups is 1. The fourth-order valence-corrected chi connectivity index (χ4v) is 5.12. The van der Waals surface area contributed by atoms with Crippen molar-refractivity contribution in [1.29, 1.82) is 0 Å². The molecule has 1 N–H and O–H groups in total. The van der Waals surface area contributed by atoms with Gasteiger partial charge in [-0.3, -0.25) is 4.79 Å². The first-order valence-corrected chi connectivity index (χ1v) is 10.4. The zero-order valence-electron chi connectivity index (χ0n) is 13.5. The van der Waals surface area contributed by atoms with Gasteiger partial charge in [0, 0.05) is 18.7 Å². The number of hydrogen-bond donors (Lipinski definition) is 1. The van der Waals surface area contributed by atoms with Crippen LogP contribution in [0.3, 0.4) is 0 Å². The maximum atomic E-state index is 12.8. The Morgan fingerprint density at radius 2 is 2.08 bits per heavy atom. The van der Waals surface area contributed by atoms with Crippen LogP contribution in [0.4, 0.5) is 10.1 Å². The molecular formula is C15H17FN4O3S2. The van der Waals surface area contributed by atoms with E-state index in [1.165, 1.54) is 36.0 Å². The Bertz CT molecular complexity index is 881. The standard InChI is InChI=1S/C15H17FN4O3S2/c1-20-14(10-6-7-25(22,23)9-10)18-19-15(20)24-8-13(21)17-12-4-2-11(16)3-5-12/h2-5,10H,6-9H2,1H3,(H,17,21). The summed E-state index contributed by atoms with van der Waals surface area (Å²) in [6, 6.07) is 5.51. The van der Waals surface area contributed by atoms with Gasteiger partial charge in [0.15, 0.2) is 15.0 Å². The average Bonchev–Trinajstić information content (AvgIpc) is 3.10. The predicted octanol–water partition coefficient (Wildman–Crippen LogP) is 1.59. The molecule has 0 bridgehead atoms. The van der Waals surface area contributed by atoms with Gasteiger partial charge >= 0.3 is 0 Å². The molecule has 0 radical (unpaired) electrons. The van der Waals surface area contributed by atoms with E-state index in [1.54, 1.807) is 11.6 Å². The first kappa shape index (κ1) is 17.9. The minimum absolute atomic E-state index is 0.0920. The van der Waals surface area contributed by atoms with Gasteiger partial charge in [0.1, 0.15) is 11.6 Å². The fraction of sp³-hybridized carbons (Fsp3) is 0.400. The van der Waals surface area contributed by atoms with Crippen molar-refractivity contribution < 1.29 is 17.6 Å². The number of hydrogen-bond acceptors (Lipinski definition) is 6. The lowest BCUT2D eigenvalue weighted by atomic mass is 10.1. The number of anilines is 1. The van der Waals surface area contributed by atoms with Crippen molar-refractivity contribution in [2.24, 2.45) is 7.05 Å². The quantitative estimate of drug-likeness (QED) is 0.787. The third-order valence-electron chi connectivity index (χ3n) is 3.93. The Morgan fingerprint density at radius 1 is 1.36 bits per heavy atom. The lowest BCUT2D eigenvalue weighted by molar-refractivity contribution is -0.113. The molecule has 25 heavy (non-hydrogen) atoms. The summed E-state index contributed by atoms with van der Waals surface area (Å²) in [5.74, 6) is 0.249. The van der Waals surface area contributed by atoms with Gasteiger partial charge in [0.25, 0.3) is 0 Å². The van der Waals surface area contributed by atoms with Crippen LogP contribution in [-0.2, 0) is 21.7 Å². The number of thioether (sulfide) groups is 1. The van der Waals surface area contributed by atoms with Gasteiger partial charge in [0.05, 0.1) is 17.3 Å². The lowest BCUT2D eigenvalue weighted by Gasteiger charge is -2.08. The Labute approximate surface area is 148 Å². The second-order valence-corrected chi connectivity index (χ2v) is 9.01. The summed E-state index contributed by atoms with van der Waals surface area (Å²) >= 11 is 1.21. The van der Waals surface area contributed by atoms with Gasteiger partial charge in [-0.25, -0.2) is 12.8 Å². The highest BCUT2D eigenvalue weighted by Gasteiger charge is 2.32. The lowest BCUT2D eigenvalue weighted by Crippen LogP contribution is -2.14. The molecule has 10 heteroatoms. The molecule has 0 aliphatic carbocycles.